The molecule has 4 heteroatoms. The predicted molar refractivity (Wildman–Crippen MR) is 89.0 cm³/mol. The average Bonchev–Trinajstić information content (AvgIpc) is 2.53. The summed E-state index contributed by atoms with van der Waals surface area (Å²) in [5, 5.41) is 3.22. The Bertz CT molecular complexity index is 557. The number of benzene rings is 2. The van der Waals surface area contributed by atoms with E-state index in [0.29, 0.717) is 19.3 Å². The van der Waals surface area contributed by atoms with Crippen LogP contribution < -0.4 is 14.8 Å². The third-order valence-corrected chi connectivity index (χ3v) is 3.75. The molecule has 0 aliphatic heterocycles. The van der Waals surface area contributed by atoms with Gasteiger partial charge in [0, 0.05) is 10.5 Å². The van der Waals surface area contributed by atoms with E-state index >= 15 is 0 Å². The van der Waals surface area contributed by atoms with Gasteiger partial charge in [-0.15, -0.1) is 0 Å². The number of ether oxygens (including phenoxy) is 2. The second-order valence-corrected chi connectivity index (χ2v) is 5.65. The van der Waals surface area contributed by atoms with E-state index in [-0.39, 0.29) is 0 Å². The van der Waals surface area contributed by atoms with Crippen molar-refractivity contribution in [3.8, 4) is 11.5 Å². The van der Waals surface area contributed by atoms with Crippen LogP contribution in [0.4, 0.5) is 0 Å². The van der Waals surface area contributed by atoms with E-state index in [1.807, 2.05) is 43.4 Å². The number of nitrogens with one attached hydrogen (secondary N) is 1. The van der Waals surface area contributed by atoms with Crippen LogP contribution in [0.3, 0.4) is 0 Å². The van der Waals surface area contributed by atoms with Gasteiger partial charge in [0.05, 0.1) is 0 Å². The van der Waals surface area contributed by atoms with Gasteiger partial charge in [-0.3, -0.25) is 0 Å². The van der Waals surface area contributed by atoms with Crippen molar-refractivity contribution in [1.82, 2.24) is 5.32 Å². The molecule has 0 saturated carbocycles. The highest BCUT2D eigenvalue weighted by Crippen LogP contribution is 2.19. The molecule has 0 amide bonds. The molecule has 2 aromatic carbocycles. The normalized spacial score (nSPS) is 12.0. The van der Waals surface area contributed by atoms with Crippen molar-refractivity contribution in [3.05, 3.63) is 58.6 Å². The van der Waals surface area contributed by atoms with Gasteiger partial charge in [-0.2, -0.15) is 0 Å². The highest BCUT2D eigenvalue weighted by Gasteiger charge is 2.03. The molecule has 1 N–H and O–H groups in total. The number of hydrogen-bond acceptors (Lipinski definition) is 3. The molecular weight excluding hydrogens is 330 g/mol. The van der Waals surface area contributed by atoms with Crippen LogP contribution >= 0.6 is 15.9 Å². The predicted octanol–water partition coefficient (Wildman–Crippen LogP) is 4.19. The van der Waals surface area contributed by atoms with Gasteiger partial charge in [0.1, 0.15) is 24.7 Å². The first-order chi connectivity index (χ1) is 10.2. The zero-order valence-corrected chi connectivity index (χ0v) is 13.9. The van der Waals surface area contributed by atoms with E-state index in [0.717, 1.165) is 16.0 Å². The lowest BCUT2D eigenvalue weighted by Gasteiger charge is -2.13. The Kier molecular flexibility index (Phi) is 6.08. The Balaban J connectivity index is 1.79. The quantitative estimate of drug-likeness (QED) is 0.760. The summed E-state index contributed by atoms with van der Waals surface area (Å²) in [6, 6.07) is 16.2. The summed E-state index contributed by atoms with van der Waals surface area (Å²) in [5.74, 6) is 1.72. The summed E-state index contributed by atoms with van der Waals surface area (Å²) in [5.41, 5.74) is 1.21. The third-order valence-electron chi connectivity index (χ3n) is 3.23. The molecule has 2 rings (SSSR count). The minimum absolute atomic E-state index is 0.313. The van der Waals surface area contributed by atoms with E-state index in [1.54, 1.807) is 0 Å². The van der Waals surface area contributed by atoms with Crippen molar-refractivity contribution in [2.45, 2.75) is 13.0 Å². The molecule has 0 spiro atoms. The summed E-state index contributed by atoms with van der Waals surface area (Å²) in [6.07, 6.45) is 0. The van der Waals surface area contributed by atoms with Crippen molar-refractivity contribution in [1.29, 1.82) is 0 Å². The minimum atomic E-state index is 0.313. The Labute approximate surface area is 134 Å². The van der Waals surface area contributed by atoms with Gasteiger partial charge in [0.15, 0.2) is 0 Å². The summed E-state index contributed by atoms with van der Waals surface area (Å²) >= 11 is 3.40. The maximum Gasteiger partial charge on any atom is 0.122 e. The fourth-order valence-electron chi connectivity index (χ4n) is 1.89. The zero-order chi connectivity index (χ0) is 15.1. The molecule has 0 saturated heterocycles. The van der Waals surface area contributed by atoms with E-state index in [2.05, 4.69) is 40.3 Å². The van der Waals surface area contributed by atoms with Crippen LogP contribution in [0.2, 0.25) is 0 Å². The third kappa shape index (κ3) is 5.06. The van der Waals surface area contributed by atoms with Crippen molar-refractivity contribution >= 4 is 15.9 Å². The van der Waals surface area contributed by atoms with Gasteiger partial charge >= 0.3 is 0 Å². The van der Waals surface area contributed by atoms with Crippen LogP contribution in [0.1, 0.15) is 18.5 Å². The van der Waals surface area contributed by atoms with E-state index in [9.17, 15) is 0 Å². The summed E-state index contributed by atoms with van der Waals surface area (Å²) < 4.78 is 12.4. The Morgan fingerprint density at radius 2 is 1.67 bits per heavy atom. The Morgan fingerprint density at radius 1 is 1.00 bits per heavy atom. The highest BCUT2D eigenvalue weighted by atomic mass is 79.9. The number of hydrogen-bond donors (Lipinski definition) is 1. The molecule has 0 aromatic heterocycles. The minimum Gasteiger partial charge on any atom is -0.490 e. The molecule has 0 bridgehead atoms. The first-order valence-electron chi connectivity index (χ1n) is 6.97. The zero-order valence-electron chi connectivity index (χ0n) is 12.3. The molecule has 0 aliphatic carbocycles. The van der Waals surface area contributed by atoms with Crippen molar-refractivity contribution in [3.63, 3.8) is 0 Å². The fourth-order valence-corrected chi connectivity index (χ4v) is 2.15. The van der Waals surface area contributed by atoms with Crippen LogP contribution in [-0.4, -0.2) is 20.3 Å². The summed E-state index contributed by atoms with van der Waals surface area (Å²) in [6.45, 7) is 3.16. The van der Waals surface area contributed by atoms with Gasteiger partial charge in [-0.05, 0) is 55.9 Å². The molecule has 1 atom stereocenters. The van der Waals surface area contributed by atoms with Gasteiger partial charge in [0.25, 0.3) is 0 Å². The summed E-state index contributed by atoms with van der Waals surface area (Å²) in [7, 11) is 1.95. The van der Waals surface area contributed by atoms with Crippen molar-refractivity contribution in [2.75, 3.05) is 20.3 Å². The van der Waals surface area contributed by atoms with Crippen LogP contribution in [0.5, 0.6) is 11.5 Å². The number of rotatable bonds is 7. The molecule has 2 aromatic rings. The molecule has 3 nitrogen and oxygen atoms in total. The highest BCUT2D eigenvalue weighted by molar-refractivity contribution is 9.10. The molecule has 0 heterocycles. The lowest BCUT2D eigenvalue weighted by molar-refractivity contribution is 0.217. The van der Waals surface area contributed by atoms with Crippen LogP contribution in [0.25, 0.3) is 0 Å². The van der Waals surface area contributed by atoms with Crippen molar-refractivity contribution in [2.24, 2.45) is 0 Å². The standard InChI is InChI=1S/C17H20BrNO2/c1-13(19-2)14-4-3-5-17(12-14)21-11-10-20-16-8-6-15(18)7-9-16/h3-9,12-13,19H,10-11H2,1-2H3. The molecule has 1 unspecified atom stereocenters. The van der Waals surface area contributed by atoms with Gasteiger partial charge < -0.3 is 14.8 Å². The number of halogens is 1. The lowest BCUT2D eigenvalue weighted by Crippen LogP contribution is -2.13. The van der Waals surface area contributed by atoms with Gasteiger partial charge in [0.2, 0.25) is 0 Å². The van der Waals surface area contributed by atoms with Crippen LogP contribution in [0, 0.1) is 0 Å². The molecule has 112 valence electrons. The molecule has 21 heavy (non-hydrogen) atoms. The topological polar surface area (TPSA) is 30.5 Å². The van der Waals surface area contributed by atoms with E-state index in [1.165, 1.54) is 5.56 Å². The van der Waals surface area contributed by atoms with E-state index in [4.69, 9.17) is 9.47 Å². The monoisotopic (exact) mass is 349 g/mol. The van der Waals surface area contributed by atoms with Crippen LogP contribution in [0.15, 0.2) is 53.0 Å². The van der Waals surface area contributed by atoms with E-state index < -0.39 is 0 Å². The SMILES string of the molecule is CNC(C)c1cccc(OCCOc2ccc(Br)cc2)c1. The maximum atomic E-state index is 5.72. The first kappa shape index (κ1) is 15.9. The molecule has 0 aliphatic rings. The second-order valence-electron chi connectivity index (χ2n) is 4.73. The van der Waals surface area contributed by atoms with Crippen LogP contribution in [-0.2, 0) is 0 Å². The Morgan fingerprint density at radius 3 is 2.33 bits per heavy atom. The summed E-state index contributed by atoms with van der Waals surface area (Å²) in [4.78, 5) is 0. The molecule has 0 radical (unpaired) electrons. The maximum absolute atomic E-state index is 5.72. The molecular formula is C17H20BrNO2. The second kappa shape index (κ2) is 8.05. The van der Waals surface area contributed by atoms with Gasteiger partial charge in [-0.1, -0.05) is 28.1 Å². The lowest BCUT2D eigenvalue weighted by atomic mass is 10.1. The first-order valence-corrected chi connectivity index (χ1v) is 7.77. The fraction of sp³-hybridized carbons (Fsp3) is 0.294. The smallest absolute Gasteiger partial charge is 0.122 e. The van der Waals surface area contributed by atoms with Crippen molar-refractivity contribution < 1.29 is 9.47 Å². The largest absolute Gasteiger partial charge is 0.490 e. The Hall–Kier alpha value is -1.52. The molecule has 0 fully saturated rings. The average molecular weight is 350 g/mol. The van der Waals surface area contributed by atoms with Gasteiger partial charge in [-0.25, -0.2) is 0 Å².